The van der Waals surface area contributed by atoms with Crippen LogP contribution in [-0.2, 0) is 12.4 Å². The first-order chi connectivity index (χ1) is 18.2. The van der Waals surface area contributed by atoms with Gasteiger partial charge in [-0.3, -0.25) is 9.88 Å². The minimum atomic E-state index is -4.61. The highest BCUT2D eigenvalue weighted by atomic mass is 19.4. The van der Waals surface area contributed by atoms with E-state index in [9.17, 15) is 26.3 Å². The minimum Gasteiger partial charge on any atom is -0.362 e. The van der Waals surface area contributed by atoms with E-state index in [1.807, 2.05) is 6.08 Å². The highest BCUT2D eigenvalue weighted by Gasteiger charge is 2.35. The van der Waals surface area contributed by atoms with Gasteiger partial charge in [0.25, 0.3) is 0 Å². The SMILES string of the molecule is CC(C)N(CC1C=C(Nc2ccc(C(F)(F)F)cc2)c2ccc(-c3ncccc3C(F)(F)F)nc2N1)C(C)C. The average molecular weight is 550 g/mol. The van der Waals surface area contributed by atoms with Crippen LogP contribution in [0.5, 0.6) is 0 Å². The molecule has 0 bridgehead atoms. The molecule has 39 heavy (non-hydrogen) atoms. The molecule has 3 heterocycles. The van der Waals surface area contributed by atoms with Crippen LogP contribution in [0.2, 0.25) is 0 Å². The number of hydrogen-bond acceptors (Lipinski definition) is 5. The number of anilines is 2. The van der Waals surface area contributed by atoms with E-state index in [4.69, 9.17) is 0 Å². The lowest BCUT2D eigenvalue weighted by molar-refractivity contribution is -0.138. The van der Waals surface area contributed by atoms with Crippen LogP contribution in [-0.4, -0.2) is 39.5 Å². The van der Waals surface area contributed by atoms with Gasteiger partial charge >= 0.3 is 12.4 Å². The van der Waals surface area contributed by atoms with Crippen LogP contribution < -0.4 is 10.6 Å². The largest absolute Gasteiger partial charge is 0.418 e. The Kier molecular flexibility index (Phi) is 7.92. The van der Waals surface area contributed by atoms with Gasteiger partial charge in [-0.2, -0.15) is 26.3 Å². The lowest BCUT2D eigenvalue weighted by atomic mass is 10.0. The monoisotopic (exact) mass is 549 g/mol. The molecule has 3 aromatic rings. The zero-order chi connectivity index (χ0) is 28.5. The quantitative estimate of drug-likeness (QED) is 0.298. The summed E-state index contributed by atoms with van der Waals surface area (Å²) in [6.07, 6.45) is -5.87. The van der Waals surface area contributed by atoms with Crippen molar-refractivity contribution in [3.05, 3.63) is 77.5 Å². The van der Waals surface area contributed by atoms with Crippen LogP contribution in [0.25, 0.3) is 17.1 Å². The van der Waals surface area contributed by atoms with Gasteiger partial charge < -0.3 is 10.6 Å². The van der Waals surface area contributed by atoms with Gasteiger partial charge in [0.15, 0.2) is 0 Å². The van der Waals surface area contributed by atoms with Crippen molar-refractivity contribution in [3.8, 4) is 11.4 Å². The molecule has 0 radical (unpaired) electrons. The van der Waals surface area contributed by atoms with E-state index in [1.54, 1.807) is 6.07 Å². The average Bonchev–Trinajstić information content (AvgIpc) is 2.86. The Bertz CT molecular complexity index is 1320. The van der Waals surface area contributed by atoms with Crippen molar-refractivity contribution >= 4 is 17.2 Å². The number of aromatic nitrogens is 2. The molecule has 11 heteroatoms. The van der Waals surface area contributed by atoms with Crippen LogP contribution in [0.1, 0.15) is 44.4 Å². The summed E-state index contributed by atoms with van der Waals surface area (Å²) < 4.78 is 80.1. The van der Waals surface area contributed by atoms with Crippen molar-refractivity contribution in [2.24, 2.45) is 0 Å². The molecule has 0 saturated carbocycles. The van der Waals surface area contributed by atoms with E-state index >= 15 is 0 Å². The third kappa shape index (κ3) is 6.52. The second-order valence-electron chi connectivity index (χ2n) is 9.91. The van der Waals surface area contributed by atoms with Crippen molar-refractivity contribution in [1.82, 2.24) is 14.9 Å². The zero-order valence-corrected chi connectivity index (χ0v) is 21.8. The second kappa shape index (κ2) is 10.9. The van der Waals surface area contributed by atoms with Crippen LogP contribution in [0.15, 0.2) is 60.8 Å². The first-order valence-electron chi connectivity index (χ1n) is 12.5. The van der Waals surface area contributed by atoms with E-state index in [-0.39, 0.29) is 29.5 Å². The summed E-state index contributed by atoms with van der Waals surface area (Å²) in [6.45, 7) is 8.84. The van der Waals surface area contributed by atoms with Crippen molar-refractivity contribution in [2.45, 2.75) is 58.2 Å². The summed E-state index contributed by atoms with van der Waals surface area (Å²) >= 11 is 0. The molecule has 2 aromatic heterocycles. The van der Waals surface area contributed by atoms with Gasteiger partial charge in [-0.05, 0) is 82.3 Å². The second-order valence-corrected chi connectivity index (χ2v) is 9.91. The molecule has 2 N–H and O–H groups in total. The predicted molar refractivity (Wildman–Crippen MR) is 140 cm³/mol. The van der Waals surface area contributed by atoms with Gasteiger partial charge in [0, 0.05) is 41.8 Å². The molecular weight excluding hydrogens is 520 g/mol. The van der Waals surface area contributed by atoms with Crippen molar-refractivity contribution in [1.29, 1.82) is 0 Å². The highest BCUT2D eigenvalue weighted by molar-refractivity contribution is 5.86. The van der Waals surface area contributed by atoms with Gasteiger partial charge in [-0.15, -0.1) is 0 Å². The number of pyridine rings is 2. The number of alkyl halides is 6. The molecule has 0 amide bonds. The first kappa shape index (κ1) is 28.4. The fourth-order valence-electron chi connectivity index (χ4n) is 4.62. The molecule has 0 fully saturated rings. The number of fused-ring (bicyclic) bond motifs is 1. The maximum atomic E-state index is 13.7. The third-order valence-electron chi connectivity index (χ3n) is 6.46. The Morgan fingerprint density at radius 3 is 2.15 bits per heavy atom. The van der Waals surface area contributed by atoms with Gasteiger partial charge in [0.1, 0.15) is 11.5 Å². The minimum absolute atomic E-state index is 0.0493. The Morgan fingerprint density at radius 1 is 0.897 bits per heavy atom. The standard InChI is InChI=1S/C28H29F6N5/c1-16(2)39(17(3)4)15-20-14-24(36-19-9-7-18(8-10-19)27(29,30)31)21-11-12-23(38-26(21)37-20)25-22(28(32,33)34)6-5-13-35-25/h5-14,16-17,20,36H,15H2,1-4H3,(H,37,38). The van der Waals surface area contributed by atoms with Gasteiger partial charge in [0.05, 0.1) is 22.9 Å². The first-order valence-corrected chi connectivity index (χ1v) is 12.5. The van der Waals surface area contributed by atoms with E-state index in [0.717, 1.165) is 18.2 Å². The van der Waals surface area contributed by atoms with Crippen molar-refractivity contribution in [3.63, 3.8) is 0 Å². The molecule has 1 unspecified atom stereocenters. The summed E-state index contributed by atoms with van der Waals surface area (Å²) in [5.41, 5.74) is -0.320. The molecular formula is C28H29F6N5. The lowest BCUT2D eigenvalue weighted by Crippen LogP contribution is -2.44. The predicted octanol–water partition coefficient (Wildman–Crippen LogP) is 7.55. The molecule has 1 atom stereocenters. The Balaban J connectivity index is 1.74. The normalized spacial score (nSPS) is 15.8. The number of nitrogens with one attached hydrogen (secondary N) is 2. The molecule has 0 aliphatic carbocycles. The molecule has 0 spiro atoms. The number of rotatable bonds is 7. The van der Waals surface area contributed by atoms with Gasteiger partial charge in [-0.1, -0.05) is 0 Å². The van der Waals surface area contributed by atoms with Gasteiger partial charge in [0.2, 0.25) is 0 Å². The fourth-order valence-corrected chi connectivity index (χ4v) is 4.62. The molecule has 1 aliphatic rings. The number of hydrogen-bond donors (Lipinski definition) is 2. The summed E-state index contributed by atoms with van der Waals surface area (Å²) in [4.78, 5) is 10.7. The van der Waals surface area contributed by atoms with Crippen LogP contribution in [0.3, 0.4) is 0 Å². The van der Waals surface area contributed by atoms with Gasteiger partial charge in [-0.25, -0.2) is 4.98 Å². The van der Waals surface area contributed by atoms with E-state index in [0.29, 0.717) is 29.3 Å². The molecule has 1 aliphatic heterocycles. The molecule has 208 valence electrons. The van der Waals surface area contributed by atoms with E-state index < -0.39 is 23.5 Å². The van der Waals surface area contributed by atoms with Crippen molar-refractivity contribution in [2.75, 3.05) is 17.2 Å². The molecule has 4 rings (SSSR count). The fraction of sp³-hybridized carbons (Fsp3) is 0.357. The topological polar surface area (TPSA) is 53.1 Å². The Hall–Kier alpha value is -3.60. The maximum absolute atomic E-state index is 13.7. The van der Waals surface area contributed by atoms with Crippen LogP contribution >= 0.6 is 0 Å². The molecule has 5 nitrogen and oxygen atoms in total. The Labute approximate surface area is 223 Å². The Morgan fingerprint density at radius 2 is 1.56 bits per heavy atom. The highest BCUT2D eigenvalue weighted by Crippen LogP contribution is 2.38. The summed E-state index contributed by atoms with van der Waals surface area (Å²) in [6, 6.07) is 10.1. The van der Waals surface area contributed by atoms with E-state index in [2.05, 4.69) is 53.2 Å². The lowest BCUT2D eigenvalue weighted by Gasteiger charge is -2.35. The van der Waals surface area contributed by atoms with Crippen LogP contribution in [0.4, 0.5) is 37.8 Å². The number of nitrogens with zero attached hydrogens (tertiary/aromatic N) is 3. The summed E-state index contributed by atoms with van der Waals surface area (Å²) in [5.74, 6) is 0.348. The summed E-state index contributed by atoms with van der Waals surface area (Å²) in [7, 11) is 0. The smallest absolute Gasteiger partial charge is 0.362 e. The summed E-state index contributed by atoms with van der Waals surface area (Å²) in [5, 5.41) is 6.50. The molecule has 1 aromatic carbocycles. The van der Waals surface area contributed by atoms with Crippen LogP contribution in [0, 0.1) is 0 Å². The van der Waals surface area contributed by atoms with E-state index in [1.165, 1.54) is 30.5 Å². The number of halogens is 6. The van der Waals surface area contributed by atoms with Crippen molar-refractivity contribution < 1.29 is 26.3 Å². The third-order valence-corrected chi connectivity index (χ3v) is 6.46. The maximum Gasteiger partial charge on any atom is 0.418 e. The molecule has 0 saturated heterocycles. The zero-order valence-electron chi connectivity index (χ0n) is 21.8. The number of benzene rings is 1.